The lowest BCUT2D eigenvalue weighted by Gasteiger charge is -2.33. The quantitative estimate of drug-likeness (QED) is 0.325. The van der Waals surface area contributed by atoms with Crippen molar-refractivity contribution in [2.75, 3.05) is 17.9 Å². The molecule has 7 nitrogen and oxygen atoms in total. The Balaban J connectivity index is 2.09. The van der Waals surface area contributed by atoms with Crippen molar-refractivity contribution in [3.05, 3.63) is 92.9 Å². The maximum atomic E-state index is 13.9. The monoisotopic (exact) mass is 595 g/mol. The molecule has 0 saturated heterocycles. The number of para-hydroxylation sites is 1. The highest BCUT2D eigenvalue weighted by atomic mass is 35.5. The number of likely N-dealkylation sites (N-methyl/N-ethyl adjacent to an activating group) is 1. The van der Waals surface area contributed by atoms with Crippen molar-refractivity contribution in [3.8, 4) is 0 Å². The molecule has 11 heteroatoms. The molecular formula is C27H28Cl3N3O4S. The minimum absolute atomic E-state index is 0.00135. The van der Waals surface area contributed by atoms with Gasteiger partial charge in [0.25, 0.3) is 10.0 Å². The number of sulfonamides is 1. The van der Waals surface area contributed by atoms with Gasteiger partial charge in [-0.15, -0.1) is 0 Å². The Morgan fingerprint density at radius 3 is 2.18 bits per heavy atom. The van der Waals surface area contributed by atoms with Gasteiger partial charge in [-0.2, -0.15) is 0 Å². The molecule has 3 rings (SSSR count). The maximum absolute atomic E-state index is 13.9. The van der Waals surface area contributed by atoms with Gasteiger partial charge in [-0.1, -0.05) is 77.6 Å². The van der Waals surface area contributed by atoms with Gasteiger partial charge in [-0.3, -0.25) is 13.9 Å². The minimum atomic E-state index is -4.21. The van der Waals surface area contributed by atoms with E-state index in [1.807, 2.05) is 6.92 Å². The van der Waals surface area contributed by atoms with Crippen LogP contribution in [-0.4, -0.2) is 44.8 Å². The number of nitrogens with zero attached hydrogens (tertiary/aromatic N) is 2. The van der Waals surface area contributed by atoms with Gasteiger partial charge in [-0.05, 0) is 55.3 Å². The molecule has 0 aliphatic carbocycles. The second-order valence-electron chi connectivity index (χ2n) is 8.57. The number of carbonyl (C=O) groups is 2. The van der Waals surface area contributed by atoms with Crippen molar-refractivity contribution < 1.29 is 18.0 Å². The molecule has 1 atom stereocenters. The Morgan fingerprint density at radius 1 is 0.947 bits per heavy atom. The van der Waals surface area contributed by atoms with Crippen LogP contribution in [0.4, 0.5) is 5.69 Å². The third-order valence-corrected chi connectivity index (χ3v) is 8.68. The van der Waals surface area contributed by atoms with Crippen molar-refractivity contribution in [1.29, 1.82) is 0 Å². The predicted octanol–water partition coefficient (Wildman–Crippen LogP) is 5.70. The first-order valence-corrected chi connectivity index (χ1v) is 14.4. The summed E-state index contributed by atoms with van der Waals surface area (Å²) in [5.41, 5.74) is 1.57. The van der Waals surface area contributed by atoms with E-state index in [0.29, 0.717) is 15.6 Å². The SMILES string of the molecule is CC[C@@H](C(=O)NC)N(Cc1ccc(Cl)cc1Cl)C(=O)CN(c1ccccc1Cl)S(=O)(=O)c1ccc(C)cc1. The Bertz CT molecular complexity index is 1420. The van der Waals surface area contributed by atoms with Crippen LogP contribution in [0.15, 0.2) is 71.6 Å². The number of nitrogens with one attached hydrogen (secondary N) is 1. The van der Waals surface area contributed by atoms with Crippen molar-refractivity contribution in [3.63, 3.8) is 0 Å². The van der Waals surface area contributed by atoms with Gasteiger partial charge in [0, 0.05) is 23.6 Å². The molecule has 1 N–H and O–H groups in total. The van der Waals surface area contributed by atoms with Crippen molar-refractivity contribution >= 4 is 62.3 Å². The number of hydrogen-bond acceptors (Lipinski definition) is 4. The molecule has 0 radical (unpaired) electrons. The molecular weight excluding hydrogens is 569 g/mol. The van der Waals surface area contributed by atoms with Gasteiger partial charge >= 0.3 is 0 Å². The number of halogens is 3. The fourth-order valence-electron chi connectivity index (χ4n) is 3.92. The van der Waals surface area contributed by atoms with Crippen LogP contribution < -0.4 is 9.62 Å². The predicted molar refractivity (Wildman–Crippen MR) is 152 cm³/mol. The molecule has 3 aromatic rings. The molecule has 0 heterocycles. The highest BCUT2D eigenvalue weighted by Crippen LogP contribution is 2.31. The van der Waals surface area contributed by atoms with E-state index in [1.165, 1.54) is 30.1 Å². The average Bonchev–Trinajstić information content (AvgIpc) is 2.88. The van der Waals surface area contributed by atoms with E-state index >= 15 is 0 Å². The zero-order valence-corrected chi connectivity index (χ0v) is 24.2. The van der Waals surface area contributed by atoms with Crippen molar-refractivity contribution in [2.24, 2.45) is 0 Å². The Kier molecular flexibility index (Phi) is 10.1. The van der Waals surface area contributed by atoms with E-state index in [1.54, 1.807) is 55.5 Å². The number of aryl methyl sites for hydroxylation is 1. The Morgan fingerprint density at radius 2 is 1.61 bits per heavy atom. The number of benzene rings is 3. The second-order valence-corrected chi connectivity index (χ2v) is 11.7. The summed E-state index contributed by atoms with van der Waals surface area (Å²) in [6.45, 7) is 2.97. The molecule has 3 aromatic carbocycles. The molecule has 202 valence electrons. The number of anilines is 1. The van der Waals surface area contributed by atoms with Crippen LogP contribution in [-0.2, 0) is 26.2 Å². The third kappa shape index (κ3) is 6.80. The van der Waals surface area contributed by atoms with Crippen LogP contribution in [0.1, 0.15) is 24.5 Å². The first-order chi connectivity index (χ1) is 18.0. The average molecular weight is 597 g/mol. The summed E-state index contributed by atoms with van der Waals surface area (Å²) in [5, 5.41) is 3.47. The van der Waals surface area contributed by atoms with Crippen LogP contribution in [0, 0.1) is 6.92 Å². The van der Waals surface area contributed by atoms with Crippen molar-refractivity contribution in [1.82, 2.24) is 10.2 Å². The topological polar surface area (TPSA) is 86.8 Å². The lowest BCUT2D eigenvalue weighted by molar-refractivity contribution is -0.140. The molecule has 0 aliphatic heterocycles. The van der Waals surface area contributed by atoms with Crippen LogP contribution in [0.3, 0.4) is 0 Å². The number of hydrogen-bond donors (Lipinski definition) is 1. The highest BCUT2D eigenvalue weighted by Gasteiger charge is 2.34. The molecule has 0 bridgehead atoms. The van der Waals surface area contributed by atoms with E-state index < -0.39 is 34.4 Å². The minimum Gasteiger partial charge on any atom is -0.357 e. The number of rotatable bonds is 10. The van der Waals surface area contributed by atoms with Gasteiger partial charge < -0.3 is 10.2 Å². The first kappa shape index (κ1) is 29.8. The summed E-state index contributed by atoms with van der Waals surface area (Å²) in [4.78, 5) is 28.0. The van der Waals surface area contributed by atoms with E-state index in [4.69, 9.17) is 34.8 Å². The second kappa shape index (κ2) is 12.8. The van der Waals surface area contributed by atoms with Gasteiger partial charge in [0.15, 0.2) is 0 Å². The molecule has 0 fully saturated rings. The van der Waals surface area contributed by atoms with Gasteiger partial charge in [0.1, 0.15) is 12.6 Å². The summed E-state index contributed by atoms with van der Waals surface area (Å²) in [6.07, 6.45) is 0.285. The molecule has 0 aromatic heterocycles. The molecule has 38 heavy (non-hydrogen) atoms. The van der Waals surface area contributed by atoms with Gasteiger partial charge in [0.2, 0.25) is 11.8 Å². The largest absolute Gasteiger partial charge is 0.357 e. The first-order valence-electron chi connectivity index (χ1n) is 11.8. The molecule has 0 aliphatic rings. The summed E-state index contributed by atoms with van der Waals surface area (Å²) in [6, 6.07) is 16.6. The fraction of sp³-hybridized carbons (Fsp3) is 0.259. The normalized spacial score (nSPS) is 12.1. The van der Waals surface area contributed by atoms with E-state index in [2.05, 4.69) is 5.32 Å². The van der Waals surface area contributed by atoms with Crippen LogP contribution in [0.25, 0.3) is 0 Å². The summed E-state index contributed by atoms with van der Waals surface area (Å²) >= 11 is 18.8. The molecule has 2 amide bonds. The highest BCUT2D eigenvalue weighted by molar-refractivity contribution is 7.92. The molecule has 0 saturated carbocycles. The van der Waals surface area contributed by atoms with Crippen LogP contribution in [0.2, 0.25) is 15.1 Å². The van der Waals surface area contributed by atoms with Crippen LogP contribution in [0.5, 0.6) is 0 Å². The number of carbonyl (C=O) groups excluding carboxylic acids is 2. The van der Waals surface area contributed by atoms with E-state index in [0.717, 1.165) is 9.87 Å². The summed E-state index contributed by atoms with van der Waals surface area (Å²) in [5.74, 6) is -1.00. The Labute approximate surface area is 238 Å². The standard InChI is InChI=1S/C27H28Cl3N3O4S/c1-4-24(27(35)31-3)32(16-19-11-12-20(28)15-23(19)30)26(34)17-33(25-8-6-5-7-22(25)29)38(36,37)21-13-9-18(2)10-14-21/h5-15,24H,4,16-17H2,1-3H3,(H,31,35)/t24-/m0/s1. The zero-order chi connectivity index (χ0) is 28.0. The third-order valence-electron chi connectivity index (χ3n) is 6.00. The fourth-order valence-corrected chi connectivity index (χ4v) is 6.11. The number of amides is 2. The zero-order valence-electron chi connectivity index (χ0n) is 21.1. The van der Waals surface area contributed by atoms with E-state index in [9.17, 15) is 18.0 Å². The lowest BCUT2D eigenvalue weighted by atomic mass is 10.1. The van der Waals surface area contributed by atoms with Gasteiger partial charge in [0.05, 0.1) is 15.6 Å². The lowest BCUT2D eigenvalue weighted by Crippen LogP contribution is -2.51. The van der Waals surface area contributed by atoms with E-state index in [-0.39, 0.29) is 28.6 Å². The van der Waals surface area contributed by atoms with Gasteiger partial charge in [-0.25, -0.2) is 8.42 Å². The maximum Gasteiger partial charge on any atom is 0.264 e. The van der Waals surface area contributed by atoms with Crippen LogP contribution >= 0.6 is 34.8 Å². The summed E-state index contributed by atoms with van der Waals surface area (Å²) in [7, 11) is -2.74. The smallest absolute Gasteiger partial charge is 0.264 e. The Hall–Kier alpha value is -2.78. The molecule has 0 unspecified atom stereocenters. The summed E-state index contributed by atoms with van der Waals surface area (Å²) < 4.78 is 28.6. The van der Waals surface area contributed by atoms with Crippen molar-refractivity contribution in [2.45, 2.75) is 37.8 Å². The molecule has 0 spiro atoms.